The molecule has 22 heavy (non-hydrogen) atoms. The number of hydrogen-bond acceptors (Lipinski definition) is 3. The fourth-order valence-corrected chi connectivity index (χ4v) is 2.32. The lowest BCUT2D eigenvalue weighted by atomic mass is 10.1. The molecule has 0 aliphatic rings. The fraction of sp³-hybridized carbons (Fsp3) is 0.529. The summed E-state index contributed by atoms with van der Waals surface area (Å²) in [6.07, 6.45) is -0.0593. The molecule has 0 atom stereocenters. The summed E-state index contributed by atoms with van der Waals surface area (Å²) in [5.41, 5.74) is 1.85. The van der Waals surface area contributed by atoms with Crippen LogP contribution in [0.4, 0.5) is 11.4 Å². The van der Waals surface area contributed by atoms with Crippen molar-refractivity contribution >= 4 is 23.3 Å². The van der Waals surface area contributed by atoms with Crippen LogP contribution in [-0.2, 0) is 9.59 Å². The van der Waals surface area contributed by atoms with Crippen LogP contribution in [-0.4, -0.2) is 36.6 Å². The van der Waals surface area contributed by atoms with Gasteiger partial charge in [-0.1, -0.05) is 13.8 Å². The zero-order chi connectivity index (χ0) is 16.7. The van der Waals surface area contributed by atoms with Gasteiger partial charge in [-0.2, -0.15) is 0 Å². The van der Waals surface area contributed by atoms with Gasteiger partial charge in [-0.3, -0.25) is 9.59 Å². The highest BCUT2D eigenvalue weighted by molar-refractivity contribution is 5.95. The average Bonchev–Trinajstić information content (AvgIpc) is 2.49. The number of anilines is 2. The molecular weight excluding hydrogens is 280 g/mol. The molecule has 1 aromatic rings. The van der Waals surface area contributed by atoms with Crippen LogP contribution in [0.3, 0.4) is 0 Å². The molecule has 122 valence electrons. The van der Waals surface area contributed by atoms with Crippen molar-refractivity contribution < 1.29 is 14.7 Å². The lowest BCUT2D eigenvalue weighted by molar-refractivity contribution is -0.136. The van der Waals surface area contributed by atoms with Gasteiger partial charge in [0, 0.05) is 36.9 Å². The molecule has 0 unspecified atom stereocenters. The number of carboxylic acid groups (broad SMARTS) is 1. The molecule has 0 fully saturated rings. The zero-order valence-electron chi connectivity index (χ0n) is 13.9. The highest BCUT2D eigenvalue weighted by Crippen LogP contribution is 2.22. The van der Waals surface area contributed by atoms with Crippen LogP contribution in [0.5, 0.6) is 0 Å². The van der Waals surface area contributed by atoms with E-state index in [1.54, 1.807) is 4.90 Å². The van der Waals surface area contributed by atoms with E-state index in [1.807, 2.05) is 38.1 Å². The van der Waals surface area contributed by atoms with Gasteiger partial charge >= 0.3 is 5.97 Å². The fourth-order valence-electron chi connectivity index (χ4n) is 2.32. The molecule has 0 saturated heterocycles. The maximum Gasteiger partial charge on any atom is 0.305 e. The first kappa shape index (κ1) is 18.0. The predicted octanol–water partition coefficient (Wildman–Crippen LogP) is 3.00. The maximum atomic E-state index is 12.3. The van der Waals surface area contributed by atoms with Crippen LogP contribution in [0.25, 0.3) is 0 Å². The van der Waals surface area contributed by atoms with E-state index in [-0.39, 0.29) is 24.8 Å². The van der Waals surface area contributed by atoms with Gasteiger partial charge < -0.3 is 14.9 Å². The summed E-state index contributed by atoms with van der Waals surface area (Å²) >= 11 is 0. The quantitative estimate of drug-likeness (QED) is 0.802. The average molecular weight is 306 g/mol. The Kier molecular flexibility index (Phi) is 6.89. The van der Waals surface area contributed by atoms with E-state index in [4.69, 9.17) is 5.11 Å². The number of carbonyl (C=O) groups is 2. The summed E-state index contributed by atoms with van der Waals surface area (Å²) in [7, 11) is 0. The Morgan fingerprint density at radius 3 is 1.95 bits per heavy atom. The van der Waals surface area contributed by atoms with Crippen LogP contribution < -0.4 is 9.80 Å². The molecule has 1 aromatic carbocycles. The van der Waals surface area contributed by atoms with Crippen LogP contribution in [0.1, 0.15) is 34.1 Å². The Labute approximate surface area is 132 Å². The molecule has 0 aromatic heterocycles. The molecule has 0 bridgehead atoms. The van der Waals surface area contributed by atoms with Crippen molar-refractivity contribution in [2.45, 2.75) is 34.1 Å². The normalized spacial score (nSPS) is 10.6. The number of benzene rings is 1. The Bertz CT molecular complexity index is 493. The predicted molar refractivity (Wildman–Crippen MR) is 89.4 cm³/mol. The second-order valence-electron chi connectivity index (χ2n) is 5.48. The summed E-state index contributed by atoms with van der Waals surface area (Å²) < 4.78 is 0. The second kappa shape index (κ2) is 8.41. The monoisotopic (exact) mass is 306 g/mol. The van der Waals surface area contributed by atoms with Crippen LogP contribution in [0.2, 0.25) is 0 Å². The van der Waals surface area contributed by atoms with Crippen LogP contribution in [0.15, 0.2) is 24.3 Å². The minimum atomic E-state index is -0.902. The van der Waals surface area contributed by atoms with E-state index in [0.29, 0.717) is 0 Å². The molecular formula is C17H26N2O3. The van der Waals surface area contributed by atoms with Gasteiger partial charge in [-0.05, 0) is 38.1 Å². The first-order valence-electron chi connectivity index (χ1n) is 7.78. The third-order valence-corrected chi connectivity index (χ3v) is 3.60. The van der Waals surface area contributed by atoms with Crippen LogP contribution >= 0.6 is 0 Å². The van der Waals surface area contributed by atoms with Gasteiger partial charge in [-0.15, -0.1) is 0 Å². The van der Waals surface area contributed by atoms with Crippen molar-refractivity contribution in [1.29, 1.82) is 0 Å². The molecule has 1 N–H and O–H groups in total. The first-order chi connectivity index (χ1) is 10.4. The van der Waals surface area contributed by atoms with Gasteiger partial charge in [0.15, 0.2) is 0 Å². The minimum absolute atomic E-state index is 0.0585. The molecule has 5 nitrogen and oxygen atoms in total. The van der Waals surface area contributed by atoms with Gasteiger partial charge in [0.25, 0.3) is 0 Å². The molecule has 1 amide bonds. The SMILES string of the molecule is CCN(CC)c1ccc(N(CCC(=O)O)C(=O)C(C)C)cc1. The van der Waals surface area contributed by atoms with E-state index < -0.39 is 5.97 Å². The molecule has 0 heterocycles. The van der Waals surface area contributed by atoms with Gasteiger partial charge in [0.2, 0.25) is 5.91 Å². The number of amides is 1. The second-order valence-corrected chi connectivity index (χ2v) is 5.48. The van der Waals surface area contributed by atoms with Crippen molar-refractivity contribution in [3.8, 4) is 0 Å². The highest BCUT2D eigenvalue weighted by Gasteiger charge is 2.19. The lowest BCUT2D eigenvalue weighted by Crippen LogP contribution is -2.36. The third kappa shape index (κ3) is 4.76. The van der Waals surface area contributed by atoms with Gasteiger partial charge in [0.05, 0.1) is 6.42 Å². The number of carbonyl (C=O) groups excluding carboxylic acids is 1. The molecule has 0 aliphatic heterocycles. The summed E-state index contributed by atoms with van der Waals surface area (Å²) in [6, 6.07) is 7.72. The Morgan fingerprint density at radius 2 is 1.55 bits per heavy atom. The van der Waals surface area contributed by atoms with Crippen molar-refractivity contribution in [3.63, 3.8) is 0 Å². The van der Waals surface area contributed by atoms with Crippen molar-refractivity contribution in [2.75, 3.05) is 29.4 Å². The van der Waals surface area contributed by atoms with E-state index in [0.717, 1.165) is 24.5 Å². The summed E-state index contributed by atoms with van der Waals surface area (Å²) in [6.45, 7) is 9.86. The van der Waals surface area contributed by atoms with E-state index in [1.165, 1.54) is 0 Å². The summed E-state index contributed by atoms with van der Waals surface area (Å²) in [5.74, 6) is -1.13. The zero-order valence-corrected chi connectivity index (χ0v) is 13.9. The number of aliphatic carboxylic acids is 1. The summed E-state index contributed by atoms with van der Waals surface area (Å²) in [5, 5.41) is 8.87. The number of rotatable bonds is 8. The van der Waals surface area contributed by atoms with E-state index in [2.05, 4.69) is 18.7 Å². The van der Waals surface area contributed by atoms with Crippen molar-refractivity contribution in [3.05, 3.63) is 24.3 Å². The smallest absolute Gasteiger partial charge is 0.305 e. The van der Waals surface area contributed by atoms with Gasteiger partial charge in [0.1, 0.15) is 0 Å². The Hall–Kier alpha value is -2.04. The Balaban J connectivity index is 2.98. The van der Waals surface area contributed by atoms with E-state index in [9.17, 15) is 9.59 Å². The largest absolute Gasteiger partial charge is 0.481 e. The lowest BCUT2D eigenvalue weighted by Gasteiger charge is -2.26. The topological polar surface area (TPSA) is 60.9 Å². The standard InChI is InChI=1S/C17H26N2O3/c1-5-18(6-2)14-7-9-15(10-8-14)19(12-11-16(20)21)17(22)13(3)4/h7-10,13H,5-6,11-12H2,1-4H3,(H,20,21). The van der Waals surface area contributed by atoms with Crippen LogP contribution in [0, 0.1) is 5.92 Å². The molecule has 0 saturated carbocycles. The third-order valence-electron chi connectivity index (χ3n) is 3.60. The van der Waals surface area contributed by atoms with E-state index >= 15 is 0 Å². The van der Waals surface area contributed by atoms with Crippen molar-refractivity contribution in [2.24, 2.45) is 5.92 Å². The first-order valence-corrected chi connectivity index (χ1v) is 7.78. The van der Waals surface area contributed by atoms with Gasteiger partial charge in [-0.25, -0.2) is 0 Å². The maximum absolute atomic E-state index is 12.3. The molecule has 0 radical (unpaired) electrons. The molecule has 0 spiro atoms. The van der Waals surface area contributed by atoms with Crippen molar-refractivity contribution in [1.82, 2.24) is 0 Å². The highest BCUT2D eigenvalue weighted by atomic mass is 16.4. The number of hydrogen-bond donors (Lipinski definition) is 1. The summed E-state index contributed by atoms with van der Waals surface area (Å²) in [4.78, 5) is 26.9. The molecule has 1 rings (SSSR count). The Morgan fingerprint density at radius 1 is 1.05 bits per heavy atom. The molecule has 0 aliphatic carbocycles. The minimum Gasteiger partial charge on any atom is -0.481 e. The number of nitrogens with zero attached hydrogens (tertiary/aromatic N) is 2. The molecule has 5 heteroatoms. The number of carboxylic acids is 1.